The van der Waals surface area contributed by atoms with Gasteiger partial charge in [0.05, 0.1) is 37.2 Å². The van der Waals surface area contributed by atoms with Crippen LogP contribution in [0, 0.1) is 13.8 Å². The molecule has 1 fully saturated rings. The molecular formula is C17H25N5O. The second-order valence-corrected chi connectivity index (χ2v) is 6.77. The van der Waals surface area contributed by atoms with Crippen LogP contribution in [0.2, 0.25) is 0 Å². The zero-order chi connectivity index (χ0) is 16.0. The summed E-state index contributed by atoms with van der Waals surface area (Å²) in [7, 11) is 2.17. The first kappa shape index (κ1) is 14.9. The number of aryl methyl sites for hydroxylation is 3. The number of nitrogens with zero attached hydrogens (tertiary/aromatic N) is 5. The molecule has 1 atom stereocenters. The van der Waals surface area contributed by atoms with Crippen LogP contribution in [0.5, 0.6) is 0 Å². The summed E-state index contributed by atoms with van der Waals surface area (Å²) < 4.78 is 9.94. The molecule has 0 amide bonds. The minimum Gasteiger partial charge on any atom is -0.378 e. The molecule has 6 heteroatoms. The van der Waals surface area contributed by atoms with Gasteiger partial charge in [0.25, 0.3) is 0 Å². The third-order valence-corrected chi connectivity index (χ3v) is 5.20. The molecule has 4 heterocycles. The molecule has 0 aromatic carbocycles. The highest BCUT2D eigenvalue weighted by atomic mass is 16.5. The van der Waals surface area contributed by atoms with Crippen LogP contribution in [-0.4, -0.2) is 51.3 Å². The maximum absolute atomic E-state index is 5.69. The molecule has 124 valence electrons. The molecular weight excluding hydrogens is 290 g/mol. The first-order chi connectivity index (χ1) is 11.1. The summed E-state index contributed by atoms with van der Waals surface area (Å²) in [5.74, 6) is 0. The highest BCUT2D eigenvalue weighted by Crippen LogP contribution is 2.28. The van der Waals surface area contributed by atoms with Gasteiger partial charge in [-0.2, -0.15) is 10.2 Å². The van der Waals surface area contributed by atoms with Crippen molar-refractivity contribution >= 4 is 0 Å². The molecule has 2 aromatic rings. The van der Waals surface area contributed by atoms with E-state index in [0.29, 0.717) is 6.04 Å². The molecule has 0 saturated carbocycles. The van der Waals surface area contributed by atoms with Crippen molar-refractivity contribution in [1.82, 2.24) is 24.5 Å². The average molecular weight is 315 g/mol. The van der Waals surface area contributed by atoms with Crippen molar-refractivity contribution in [3.63, 3.8) is 0 Å². The lowest BCUT2D eigenvalue weighted by Gasteiger charge is -2.32. The van der Waals surface area contributed by atoms with Crippen molar-refractivity contribution in [2.45, 2.75) is 45.8 Å². The van der Waals surface area contributed by atoms with Gasteiger partial charge in [0.1, 0.15) is 0 Å². The number of hydrogen-bond acceptors (Lipinski definition) is 4. The van der Waals surface area contributed by atoms with Gasteiger partial charge in [-0.25, -0.2) is 0 Å². The van der Waals surface area contributed by atoms with Gasteiger partial charge >= 0.3 is 0 Å². The van der Waals surface area contributed by atoms with Gasteiger partial charge < -0.3 is 4.74 Å². The lowest BCUT2D eigenvalue weighted by atomic mass is 10.0. The largest absolute Gasteiger partial charge is 0.378 e. The van der Waals surface area contributed by atoms with Gasteiger partial charge in [0.15, 0.2) is 0 Å². The Morgan fingerprint density at radius 2 is 2.13 bits per heavy atom. The van der Waals surface area contributed by atoms with Crippen LogP contribution in [-0.2, 0) is 24.2 Å². The number of hydrogen-bond donors (Lipinski definition) is 0. The van der Waals surface area contributed by atoms with E-state index in [-0.39, 0.29) is 0 Å². The van der Waals surface area contributed by atoms with Gasteiger partial charge in [-0.15, -0.1) is 0 Å². The van der Waals surface area contributed by atoms with E-state index in [1.54, 1.807) is 0 Å². The molecule has 2 aliphatic heterocycles. The molecule has 0 aliphatic carbocycles. The Balaban J connectivity index is 1.61. The summed E-state index contributed by atoms with van der Waals surface area (Å²) in [5.41, 5.74) is 6.14. The van der Waals surface area contributed by atoms with Crippen LogP contribution >= 0.6 is 0 Å². The Morgan fingerprint density at radius 3 is 2.91 bits per heavy atom. The molecule has 0 spiro atoms. The molecule has 0 bridgehead atoms. The Bertz CT molecular complexity index is 695. The predicted molar refractivity (Wildman–Crippen MR) is 87.5 cm³/mol. The number of rotatable bonds is 3. The quantitative estimate of drug-likeness (QED) is 0.865. The van der Waals surface area contributed by atoms with Crippen molar-refractivity contribution in [1.29, 1.82) is 0 Å². The van der Waals surface area contributed by atoms with Crippen LogP contribution in [0.1, 0.15) is 40.8 Å². The molecule has 23 heavy (non-hydrogen) atoms. The first-order valence-electron chi connectivity index (χ1n) is 8.51. The molecule has 2 aliphatic rings. The lowest BCUT2D eigenvalue weighted by Crippen LogP contribution is -2.37. The summed E-state index contributed by atoms with van der Waals surface area (Å²) >= 11 is 0. The average Bonchev–Trinajstić information content (AvgIpc) is 3.16. The molecule has 1 saturated heterocycles. The first-order valence-corrected chi connectivity index (χ1v) is 8.51. The smallest absolute Gasteiger partial charge is 0.0853 e. The number of fused-ring (bicyclic) bond motifs is 1. The highest BCUT2D eigenvalue weighted by molar-refractivity contribution is 5.29. The van der Waals surface area contributed by atoms with Crippen LogP contribution in [0.25, 0.3) is 0 Å². The van der Waals surface area contributed by atoms with Crippen LogP contribution in [0.15, 0.2) is 6.07 Å². The van der Waals surface area contributed by atoms with E-state index in [0.717, 1.165) is 50.7 Å². The molecule has 4 rings (SSSR count). The summed E-state index contributed by atoms with van der Waals surface area (Å²) in [6, 6.07) is 2.54. The lowest BCUT2D eigenvalue weighted by molar-refractivity contribution is 0.00457. The molecule has 0 radical (unpaired) electrons. The fraction of sp³-hybridized carbons (Fsp3) is 0.647. The summed E-state index contributed by atoms with van der Waals surface area (Å²) in [6.45, 7) is 8.63. The van der Waals surface area contributed by atoms with E-state index in [1.807, 2.05) is 0 Å². The van der Waals surface area contributed by atoms with E-state index in [2.05, 4.69) is 41.2 Å². The predicted octanol–water partition coefficient (Wildman–Crippen LogP) is 1.69. The molecule has 6 nitrogen and oxygen atoms in total. The molecule has 2 aromatic heterocycles. The normalized spacial score (nSPS) is 21.8. The van der Waals surface area contributed by atoms with E-state index >= 15 is 0 Å². The number of aromatic nitrogens is 4. The topological polar surface area (TPSA) is 48.1 Å². The summed E-state index contributed by atoms with van der Waals surface area (Å²) in [6.07, 6.45) is 2.38. The van der Waals surface area contributed by atoms with Crippen molar-refractivity contribution in [3.05, 3.63) is 34.4 Å². The fourth-order valence-corrected chi connectivity index (χ4v) is 3.89. The number of likely N-dealkylation sites (N-methyl/N-ethyl adjacent to an activating group) is 1. The van der Waals surface area contributed by atoms with Crippen molar-refractivity contribution in [2.24, 2.45) is 0 Å². The van der Waals surface area contributed by atoms with Crippen molar-refractivity contribution in [2.75, 3.05) is 26.8 Å². The van der Waals surface area contributed by atoms with Gasteiger partial charge in [-0.3, -0.25) is 14.3 Å². The van der Waals surface area contributed by atoms with Crippen molar-refractivity contribution < 1.29 is 4.74 Å². The highest BCUT2D eigenvalue weighted by Gasteiger charge is 2.27. The van der Waals surface area contributed by atoms with Gasteiger partial charge in [-0.1, -0.05) is 0 Å². The Kier molecular flexibility index (Phi) is 3.73. The van der Waals surface area contributed by atoms with E-state index in [9.17, 15) is 0 Å². The standard InChI is InChI=1S/C17H25N5O/c1-12-17(16-11-23-8-7-20(16)3)13(2)22(18-12)10-14-9-15-5-4-6-21(15)19-14/h9,16H,4-8,10-11H2,1-3H3. The Labute approximate surface area is 137 Å². The van der Waals surface area contributed by atoms with E-state index in [1.165, 1.54) is 23.4 Å². The van der Waals surface area contributed by atoms with Gasteiger partial charge in [-0.05, 0) is 39.8 Å². The van der Waals surface area contributed by atoms with Crippen LogP contribution in [0.4, 0.5) is 0 Å². The Morgan fingerprint density at radius 1 is 1.26 bits per heavy atom. The minimum atomic E-state index is 0.310. The maximum Gasteiger partial charge on any atom is 0.0853 e. The monoisotopic (exact) mass is 315 g/mol. The van der Waals surface area contributed by atoms with E-state index < -0.39 is 0 Å². The fourth-order valence-electron chi connectivity index (χ4n) is 3.89. The second kappa shape index (κ2) is 5.76. The minimum absolute atomic E-state index is 0.310. The summed E-state index contributed by atoms with van der Waals surface area (Å²) in [5, 5.41) is 9.50. The third-order valence-electron chi connectivity index (χ3n) is 5.20. The number of morpholine rings is 1. The van der Waals surface area contributed by atoms with Gasteiger partial charge in [0, 0.05) is 30.0 Å². The Hall–Kier alpha value is -1.66. The maximum atomic E-state index is 5.69. The van der Waals surface area contributed by atoms with Gasteiger partial charge in [0.2, 0.25) is 0 Å². The molecule has 0 N–H and O–H groups in total. The second-order valence-electron chi connectivity index (χ2n) is 6.77. The van der Waals surface area contributed by atoms with Crippen LogP contribution in [0.3, 0.4) is 0 Å². The summed E-state index contributed by atoms with van der Waals surface area (Å²) in [4.78, 5) is 2.37. The SMILES string of the molecule is Cc1nn(Cc2cc3n(n2)CCC3)c(C)c1C1COCCN1C. The third kappa shape index (κ3) is 2.60. The van der Waals surface area contributed by atoms with Crippen LogP contribution < -0.4 is 0 Å². The molecule has 1 unspecified atom stereocenters. The number of ether oxygens (including phenoxy) is 1. The van der Waals surface area contributed by atoms with E-state index in [4.69, 9.17) is 14.9 Å². The van der Waals surface area contributed by atoms with Crippen molar-refractivity contribution in [3.8, 4) is 0 Å². The zero-order valence-corrected chi connectivity index (χ0v) is 14.2. The zero-order valence-electron chi connectivity index (χ0n) is 14.2.